The van der Waals surface area contributed by atoms with Crippen molar-refractivity contribution < 1.29 is 24.2 Å². The maximum atomic E-state index is 13.2. The van der Waals surface area contributed by atoms with Gasteiger partial charge in [0.05, 0.1) is 19.1 Å². The van der Waals surface area contributed by atoms with E-state index in [2.05, 4.69) is 0 Å². The molecule has 1 aromatic carbocycles. The van der Waals surface area contributed by atoms with E-state index in [9.17, 15) is 19.1 Å². The Kier molecular flexibility index (Phi) is 6.11. The molecular weight excluding hydrogens is 265 g/mol. The quantitative estimate of drug-likeness (QED) is 0.795. The van der Waals surface area contributed by atoms with Gasteiger partial charge in [-0.1, -0.05) is 13.0 Å². The first-order valence-corrected chi connectivity index (χ1v) is 6.38. The Morgan fingerprint density at radius 2 is 2.10 bits per heavy atom. The third kappa shape index (κ3) is 4.31. The molecule has 0 aliphatic rings. The number of aliphatic hydroxyl groups excluding tert-OH is 1. The Labute approximate surface area is 116 Å². The number of benzene rings is 1. The fourth-order valence-electron chi connectivity index (χ4n) is 1.90. The number of aliphatic hydroxyl groups is 1. The first kappa shape index (κ1) is 16.1. The molecule has 6 heteroatoms. The first-order chi connectivity index (χ1) is 9.49. The average molecular weight is 283 g/mol. The van der Waals surface area contributed by atoms with Gasteiger partial charge in [0.25, 0.3) is 5.91 Å². The molecule has 0 aromatic heterocycles. The van der Waals surface area contributed by atoms with Crippen LogP contribution in [-0.2, 0) is 4.79 Å². The molecule has 20 heavy (non-hydrogen) atoms. The van der Waals surface area contributed by atoms with Gasteiger partial charge >= 0.3 is 5.97 Å². The van der Waals surface area contributed by atoms with Crippen molar-refractivity contribution in [2.45, 2.75) is 25.8 Å². The minimum Gasteiger partial charge on any atom is -0.481 e. The Morgan fingerprint density at radius 1 is 1.40 bits per heavy atom. The molecule has 0 radical (unpaired) electrons. The summed E-state index contributed by atoms with van der Waals surface area (Å²) in [5.74, 6) is -2.05. The van der Waals surface area contributed by atoms with Crippen LogP contribution in [0, 0.1) is 5.82 Å². The van der Waals surface area contributed by atoms with Gasteiger partial charge in [-0.05, 0) is 24.6 Å². The number of carboxylic acid groups (broad SMARTS) is 1. The fourth-order valence-corrected chi connectivity index (χ4v) is 1.90. The lowest BCUT2D eigenvalue weighted by Crippen LogP contribution is -2.43. The van der Waals surface area contributed by atoms with Crippen LogP contribution >= 0.6 is 0 Å². The molecule has 0 bridgehead atoms. The second-order valence-corrected chi connectivity index (χ2v) is 4.40. The molecule has 0 spiro atoms. The largest absolute Gasteiger partial charge is 0.481 e. The zero-order chi connectivity index (χ0) is 15.1. The van der Waals surface area contributed by atoms with Crippen molar-refractivity contribution in [3.8, 4) is 0 Å². The third-order valence-electron chi connectivity index (χ3n) is 3.02. The van der Waals surface area contributed by atoms with Gasteiger partial charge < -0.3 is 15.1 Å². The van der Waals surface area contributed by atoms with Crippen LogP contribution in [0.5, 0.6) is 0 Å². The number of amides is 1. The van der Waals surface area contributed by atoms with Crippen LogP contribution in [0.25, 0.3) is 0 Å². The number of rotatable bonds is 7. The molecule has 0 saturated heterocycles. The number of hydrogen-bond acceptors (Lipinski definition) is 3. The predicted molar refractivity (Wildman–Crippen MR) is 70.9 cm³/mol. The zero-order valence-electron chi connectivity index (χ0n) is 11.3. The van der Waals surface area contributed by atoms with Crippen molar-refractivity contribution in [1.82, 2.24) is 4.90 Å². The normalized spacial score (nSPS) is 11.9. The lowest BCUT2D eigenvalue weighted by Gasteiger charge is -2.29. The molecule has 0 fully saturated rings. The molecule has 0 aliphatic carbocycles. The van der Waals surface area contributed by atoms with Gasteiger partial charge in [0.15, 0.2) is 0 Å². The van der Waals surface area contributed by atoms with E-state index < -0.39 is 23.7 Å². The monoisotopic (exact) mass is 283 g/mol. The Balaban J connectivity index is 2.96. The highest BCUT2D eigenvalue weighted by Crippen LogP contribution is 2.13. The van der Waals surface area contributed by atoms with Gasteiger partial charge in [-0.3, -0.25) is 9.59 Å². The molecule has 0 saturated carbocycles. The Hall–Kier alpha value is -1.95. The topological polar surface area (TPSA) is 77.8 Å². The molecule has 1 amide bonds. The van der Waals surface area contributed by atoms with Crippen molar-refractivity contribution in [2.24, 2.45) is 0 Å². The number of halogens is 1. The summed E-state index contributed by atoms with van der Waals surface area (Å²) >= 11 is 0. The van der Waals surface area contributed by atoms with E-state index in [4.69, 9.17) is 5.11 Å². The minimum atomic E-state index is -1.03. The van der Waals surface area contributed by atoms with Crippen LogP contribution in [0.3, 0.4) is 0 Å². The van der Waals surface area contributed by atoms with Crippen molar-refractivity contribution >= 4 is 11.9 Å². The van der Waals surface area contributed by atoms with E-state index >= 15 is 0 Å². The standard InChI is InChI=1S/C14H18FNO4/c1-2-12(9-17)16(7-6-13(18)19)14(20)10-4-3-5-11(15)8-10/h3-5,8,12,17H,2,6-7,9H2,1H3,(H,18,19). The molecule has 0 aliphatic heterocycles. The minimum absolute atomic E-state index is 0.0241. The maximum absolute atomic E-state index is 13.2. The van der Waals surface area contributed by atoms with Crippen molar-refractivity contribution in [2.75, 3.05) is 13.2 Å². The number of carboxylic acids is 1. The van der Waals surface area contributed by atoms with Gasteiger partial charge in [-0.15, -0.1) is 0 Å². The molecule has 1 aromatic rings. The second kappa shape index (κ2) is 7.59. The summed E-state index contributed by atoms with van der Waals surface area (Å²) < 4.78 is 13.2. The second-order valence-electron chi connectivity index (χ2n) is 4.40. The summed E-state index contributed by atoms with van der Waals surface area (Å²) in [7, 11) is 0. The summed E-state index contributed by atoms with van der Waals surface area (Å²) in [6, 6.07) is 4.72. The molecule has 1 unspecified atom stereocenters. The molecule has 110 valence electrons. The Bertz CT molecular complexity index is 474. The molecule has 1 rings (SSSR count). The number of nitrogens with zero attached hydrogens (tertiary/aromatic N) is 1. The van der Waals surface area contributed by atoms with Crippen LogP contribution < -0.4 is 0 Å². The van der Waals surface area contributed by atoms with E-state index in [1.54, 1.807) is 6.92 Å². The van der Waals surface area contributed by atoms with Crippen LogP contribution in [0.15, 0.2) is 24.3 Å². The number of carbonyl (C=O) groups excluding carboxylic acids is 1. The van der Waals surface area contributed by atoms with Gasteiger partial charge in [0.1, 0.15) is 5.82 Å². The number of aliphatic carboxylic acids is 1. The van der Waals surface area contributed by atoms with Crippen LogP contribution in [0.2, 0.25) is 0 Å². The zero-order valence-corrected chi connectivity index (χ0v) is 11.3. The summed E-state index contributed by atoms with van der Waals surface area (Å²) in [5.41, 5.74) is 0.141. The van der Waals surface area contributed by atoms with E-state index in [0.29, 0.717) is 6.42 Å². The summed E-state index contributed by atoms with van der Waals surface area (Å²) in [6.45, 7) is 1.49. The lowest BCUT2D eigenvalue weighted by atomic mass is 10.1. The molecule has 5 nitrogen and oxygen atoms in total. The molecule has 1 atom stereocenters. The van der Waals surface area contributed by atoms with E-state index in [-0.39, 0.29) is 25.1 Å². The van der Waals surface area contributed by atoms with Gasteiger partial charge in [0.2, 0.25) is 0 Å². The highest BCUT2D eigenvalue weighted by molar-refractivity contribution is 5.94. The summed E-state index contributed by atoms with van der Waals surface area (Å²) in [5, 5.41) is 18.0. The summed E-state index contributed by atoms with van der Waals surface area (Å²) in [6.07, 6.45) is 0.259. The predicted octanol–water partition coefficient (Wildman–Crippen LogP) is 1.51. The van der Waals surface area contributed by atoms with Gasteiger partial charge in [0, 0.05) is 12.1 Å². The highest BCUT2D eigenvalue weighted by atomic mass is 19.1. The van der Waals surface area contributed by atoms with E-state index in [1.165, 1.54) is 23.1 Å². The van der Waals surface area contributed by atoms with Crippen LogP contribution in [-0.4, -0.2) is 46.2 Å². The van der Waals surface area contributed by atoms with Gasteiger partial charge in [-0.25, -0.2) is 4.39 Å². The van der Waals surface area contributed by atoms with Crippen molar-refractivity contribution in [3.63, 3.8) is 0 Å². The molecular formula is C14H18FNO4. The third-order valence-corrected chi connectivity index (χ3v) is 3.02. The highest BCUT2D eigenvalue weighted by Gasteiger charge is 2.23. The number of hydrogen-bond donors (Lipinski definition) is 2. The smallest absolute Gasteiger partial charge is 0.305 e. The van der Waals surface area contributed by atoms with Crippen molar-refractivity contribution in [3.05, 3.63) is 35.6 Å². The number of carbonyl (C=O) groups is 2. The van der Waals surface area contributed by atoms with Crippen LogP contribution in [0.1, 0.15) is 30.1 Å². The molecule has 0 heterocycles. The molecule has 2 N–H and O–H groups in total. The summed E-state index contributed by atoms with van der Waals surface area (Å²) in [4.78, 5) is 24.3. The van der Waals surface area contributed by atoms with E-state index in [1.807, 2.05) is 0 Å². The SMILES string of the molecule is CCC(CO)N(CCC(=O)O)C(=O)c1cccc(F)c1. The maximum Gasteiger partial charge on any atom is 0.305 e. The van der Waals surface area contributed by atoms with Crippen molar-refractivity contribution in [1.29, 1.82) is 0 Å². The Morgan fingerprint density at radius 3 is 2.60 bits per heavy atom. The van der Waals surface area contributed by atoms with E-state index in [0.717, 1.165) is 6.07 Å². The average Bonchev–Trinajstić information content (AvgIpc) is 2.42. The fraction of sp³-hybridized carbons (Fsp3) is 0.429. The van der Waals surface area contributed by atoms with Crippen LogP contribution in [0.4, 0.5) is 4.39 Å². The first-order valence-electron chi connectivity index (χ1n) is 6.38. The lowest BCUT2D eigenvalue weighted by molar-refractivity contribution is -0.137. The van der Waals surface area contributed by atoms with Gasteiger partial charge in [-0.2, -0.15) is 0 Å².